The molecule has 0 aromatic heterocycles. The number of hydrogen-bond donors (Lipinski definition) is 0. The van der Waals surface area contributed by atoms with Crippen molar-refractivity contribution in [2.75, 3.05) is 10.0 Å². The SMILES string of the molecule is Cc1ccc(N2C(=O)C(C)(C)C(=O)N2c2ccc(C)cc2)cc1. The summed E-state index contributed by atoms with van der Waals surface area (Å²) in [6.45, 7) is 7.32. The van der Waals surface area contributed by atoms with Crippen molar-refractivity contribution < 1.29 is 9.59 Å². The van der Waals surface area contributed by atoms with Gasteiger partial charge >= 0.3 is 0 Å². The van der Waals surface area contributed by atoms with Gasteiger partial charge in [0.15, 0.2) is 0 Å². The van der Waals surface area contributed by atoms with Gasteiger partial charge in [-0.2, -0.15) is 0 Å². The van der Waals surface area contributed by atoms with E-state index in [1.807, 2.05) is 62.4 Å². The van der Waals surface area contributed by atoms with Crippen LogP contribution >= 0.6 is 0 Å². The summed E-state index contributed by atoms with van der Waals surface area (Å²) in [7, 11) is 0. The molecule has 0 bridgehead atoms. The molecule has 2 aromatic rings. The number of benzene rings is 2. The topological polar surface area (TPSA) is 40.6 Å². The molecule has 3 rings (SSSR count). The first-order valence-electron chi connectivity index (χ1n) is 7.65. The summed E-state index contributed by atoms with van der Waals surface area (Å²) in [4.78, 5) is 25.7. The molecule has 2 aromatic carbocycles. The third kappa shape index (κ3) is 2.40. The third-order valence-corrected chi connectivity index (χ3v) is 4.21. The molecule has 1 heterocycles. The molecule has 1 aliphatic rings. The fourth-order valence-electron chi connectivity index (χ4n) is 2.64. The van der Waals surface area contributed by atoms with Crippen LogP contribution in [0.5, 0.6) is 0 Å². The van der Waals surface area contributed by atoms with E-state index in [4.69, 9.17) is 0 Å². The molecule has 118 valence electrons. The standard InChI is InChI=1S/C19H20N2O2/c1-13-5-9-15(10-6-13)20-17(22)19(3,4)18(23)21(20)16-11-7-14(2)8-12-16/h5-12H,1-4H3. The fraction of sp³-hybridized carbons (Fsp3) is 0.263. The summed E-state index contributed by atoms with van der Waals surface area (Å²) in [6, 6.07) is 15.2. The maximum Gasteiger partial charge on any atom is 0.261 e. The third-order valence-electron chi connectivity index (χ3n) is 4.21. The maximum atomic E-state index is 12.8. The molecule has 1 fully saturated rings. The Hall–Kier alpha value is -2.62. The van der Waals surface area contributed by atoms with Gasteiger partial charge in [0.05, 0.1) is 11.4 Å². The Bertz CT molecular complexity index is 695. The summed E-state index contributed by atoms with van der Waals surface area (Å²) in [5, 5.41) is 2.96. The van der Waals surface area contributed by atoms with Crippen LogP contribution in [-0.4, -0.2) is 11.8 Å². The Kier molecular flexibility index (Phi) is 3.48. The number of hydrazine groups is 1. The van der Waals surface area contributed by atoms with Gasteiger partial charge in [0.2, 0.25) is 0 Å². The molecule has 0 radical (unpaired) electrons. The van der Waals surface area contributed by atoms with Gasteiger partial charge in [-0.3, -0.25) is 9.59 Å². The molecule has 0 unspecified atom stereocenters. The first kappa shape index (κ1) is 15.3. The number of carbonyl (C=O) groups excluding carboxylic acids is 2. The van der Waals surface area contributed by atoms with Crippen LogP contribution in [0.2, 0.25) is 0 Å². The van der Waals surface area contributed by atoms with Crippen molar-refractivity contribution in [3.05, 3.63) is 59.7 Å². The van der Waals surface area contributed by atoms with Gasteiger partial charge in [-0.25, -0.2) is 10.0 Å². The van der Waals surface area contributed by atoms with Crippen LogP contribution < -0.4 is 10.0 Å². The van der Waals surface area contributed by atoms with Crippen molar-refractivity contribution in [1.82, 2.24) is 0 Å². The molecular formula is C19H20N2O2. The molecule has 23 heavy (non-hydrogen) atoms. The van der Waals surface area contributed by atoms with Crippen LogP contribution in [0.1, 0.15) is 25.0 Å². The maximum absolute atomic E-state index is 12.8. The van der Waals surface area contributed by atoms with E-state index >= 15 is 0 Å². The summed E-state index contributed by atoms with van der Waals surface area (Å²) < 4.78 is 0. The number of hydrogen-bond acceptors (Lipinski definition) is 2. The predicted octanol–water partition coefficient (Wildman–Crippen LogP) is 3.62. The molecule has 0 N–H and O–H groups in total. The normalized spacial score (nSPS) is 17.0. The Morgan fingerprint density at radius 2 is 0.957 bits per heavy atom. The average Bonchev–Trinajstić information content (AvgIpc) is 2.70. The minimum atomic E-state index is -1.07. The molecule has 4 nitrogen and oxygen atoms in total. The molecule has 0 aliphatic carbocycles. The molecule has 0 atom stereocenters. The molecule has 0 saturated carbocycles. The molecular weight excluding hydrogens is 288 g/mol. The highest BCUT2D eigenvalue weighted by molar-refractivity contribution is 6.25. The number of nitrogens with zero attached hydrogens (tertiary/aromatic N) is 2. The number of anilines is 2. The van der Waals surface area contributed by atoms with E-state index in [1.165, 1.54) is 10.0 Å². The van der Waals surface area contributed by atoms with E-state index in [1.54, 1.807) is 13.8 Å². The van der Waals surface area contributed by atoms with E-state index in [0.29, 0.717) is 11.4 Å². The van der Waals surface area contributed by atoms with Gasteiger partial charge < -0.3 is 0 Å². The van der Waals surface area contributed by atoms with Crippen LogP contribution in [0.25, 0.3) is 0 Å². The second-order valence-electron chi connectivity index (χ2n) is 6.53. The van der Waals surface area contributed by atoms with Gasteiger partial charge in [0.1, 0.15) is 5.41 Å². The summed E-state index contributed by atoms with van der Waals surface area (Å²) in [6.07, 6.45) is 0. The lowest BCUT2D eigenvalue weighted by molar-refractivity contribution is -0.132. The number of rotatable bonds is 2. The second-order valence-corrected chi connectivity index (χ2v) is 6.53. The van der Waals surface area contributed by atoms with Gasteiger partial charge in [-0.1, -0.05) is 35.4 Å². The Labute approximate surface area is 136 Å². The van der Waals surface area contributed by atoms with E-state index in [9.17, 15) is 9.59 Å². The minimum Gasteiger partial charge on any atom is -0.271 e. The number of amides is 2. The zero-order valence-corrected chi connectivity index (χ0v) is 13.8. The zero-order valence-electron chi connectivity index (χ0n) is 13.8. The quantitative estimate of drug-likeness (QED) is 0.795. The first-order chi connectivity index (χ1) is 10.8. The van der Waals surface area contributed by atoms with E-state index in [-0.39, 0.29) is 11.8 Å². The van der Waals surface area contributed by atoms with Crippen LogP contribution in [0.4, 0.5) is 11.4 Å². The molecule has 0 spiro atoms. The van der Waals surface area contributed by atoms with Crippen molar-refractivity contribution in [1.29, 1.82) is 0 Å². The van der Waals surface area contributed by atoms with Crippen LogP contribution in [0.3, 0.4) is 0 Å². The highest BCUT2D eigenvalue weighted by atomic mass is 16.2. The summed E-state index contributed by atoms with van der Waals surface area (Å²) >= 11 is 0. The predicted molar refractivity (Wildman–Crippen MR) is 91.1 cm³/mol. The van der Waals surface area contributed by atoms with Gasteiger partial charge in [0, 0.05) is 0 Å². The second kappa shape index (κ2) is 5.23. The van der Waals surface area contributed by atoms with Crippen molar-refractivity contribution in [3.63, 3.8) is 0 Å². The Balaban J connectivity index is 2.13. The van der Waals surface area contributed by atoms with Crippen LogP contribution in [-0.2, 0) is 9.59 Å². The van der Waals surface area contributed by atoms with Crippen molar-refractivity contribution in [3.8, 4) is 0 Å². The van der Waals surface area contributed by atoms with Crippen LogP contribution in [0.15, 0.2) is 48.5 Å². The van der Waals surface area contributed by atoms with E-state index in [0.717, 1.165) is 11.1 Å². The summed E-state index contributed by atoms with van der Waals surface area (Å²) in [5.74, 6) is -0.432. The largest absolute Gasteiger partial charge is 0.271 e. The smallest absolute Gasteiger partial charge is 0.261 e. The van der Waals surface area contributed by atoms with Crippen molar-refractivity contribution in [2.45, 2.75) is 27.7 Å². The summed E-state index contributed by atoms with van der Waals surface area (Å²) in [5.41, 5.74) is 2.52. The monoisotopic (exact) mass is 308 g/mol. The lowest BCUT2D eigenvalue weighted by Crippen LogP contribution is -2.41. The van der Waals surface area contributed by atoms with Crippen LogP contribution in [0, 0.1) is 19.3 Å². The molecule has 2 amide bonds. The Morgan fingerprint density at radius 1 is 0.652 bits per heavy atom. The van der Waals surface area contributed by atoms with E-state index in [2.05, 4.69) is 0 Å². The van der Waals surface area contributed by atoms with Gasteiger partial charge in [-0.15, -0.1) is 0 Å². The molecule has 1 aliphatic heterocycles. The lowest BCUT2D eigenvalue weighted by Gasteiger charge is -2.27. The fourth-order valence-corrected chi connectivity index (χ4v) is 2.64. The number of carbonyl (C=O) groups is 2. The van der Waals surface area contributed by atoms with Crippen molar-refractivity contribution in [2.24, 2.45) is 5.41 Å². The van der Waals surface area contributed by atoms with Crippen molar-refractivity contribution >= 4 is 23.2 Å². The first-order valence-corrected chi connectivity index (χ1v) is 7.65. The average molecular weight is 308 g/mol. The highest BCUT2D eigenvalue weighted by Gasteiger charge is 2.53. The number of aryl methyl sites for hydroxylation is 2. The highest BCUT2D eigenvalue weighted by Crippen LogP contribution is 2.38. The molecule has 4 heteroatoms. The lowest BCUT2D eigenvalue weighted by atomic mass is 9.93. The van der Waals surface area contributed by atoms with E-state index < -0.39 is 5.41 Å². The molecule has 1 saturated heterocycles. The Morgan fingerprint density at radius 3 is 1.26 bits per heavy atom. The van der Waals surface area contributed by atoms with Gasteiger partial charge in [-0.05, 0) is 52.0 Å². The van der Waals surface area contributed by atoms with Gasteiger partial charge in [0.25, 0.3) is 11.8 Å². The minimum absolute atomic E-state index is 0.216. The zero-order chi connectivity index (χ0) is 16.8.